The summed E-state index contributed by atoms with van der Waals surface area (Å²) in [6.07, 6.45) is -1.72. The topological polar surface area (TPSA) is 75.6 Å². The van der Waals surface area contributed by atoms with Crippen molar-refractivity contribution in [2.24, 2.45) is 11.8 Å². The van der Waals surface area contributed by atoms with E-state index >= 15 is 0 Å². The van der Waals surface area contributed by atoms with Crippen LogP contribution in [0.4, 0.5) is 0 Å². The van der Waals surface area contributed by atoms with E-state index in [1.807, 2.05) is 0 Å². The Morgan fingerprint density at radius 1 is 1.60 bits per heavy atom. The van der Waals surface area contributed by atoms with E-state index in [1.54, 1.807) is 20.8 Å². The molecule has 2 fully saturated rings. The molecule has 1 unspecified atom stereocenters. The van der Waals surface area contributed by atoms with E-state index in [4.69, 9.17) is 4.74 Å². The Morgan fingerprint density at radius 2 is 2.20 bits per heavy atom. The number of amides is 1. The van der Waals surface area contributed by atoms with Crippen LogP contribution in [0.15, 0.2) is 0 Å². The van der Waals surface area contributed by atoms with Crippen LogP contribution >= 0.6 is 0 Å². The molecule has 0 bridgehead atoms. The first-order chi connectivity index (χ1) is 6.91. The van der Waals surface area contributed by atoms with Crippen molar-refractivity contribution in [1.29, 1.82) is 0 Å². The molecule has 2 heterocycles. The summed E-state index contributed by atoms with van der Waals surface area (Å²) in [7, 11) is 0. The van der Waals surface area contributed by atoms with Crippen molar-refractivity contribution in [3.05, 3.63) is 0 Å². The van der Waals surface area contributed by atoms with Crippen LogP contribution in [0.25, 0.3) is 0 Å². The molecule has 5 nitrogen and oxygen atoms in total. The van der Waals surface area contributed by atoms with E-state index in [0.717, 1.165) is 0 Å². The number of nitrogens with one attached hydrogen (secondary N) is 1. The first kappa shape index (κ1) is 10.6. The second-order valence-corrected chi connectivity index (χ2v) is 4.57. The Balaban J connectivity index is 2.33. The van der Waals surface area contributed by atoms with Crippen LogP contribution in [-0.4, -0.2) is 34.7 Å². The summed E-state index contributed by atoms with van der Waals surface area (Å²) in [5.74, 6) is -1.01. The van der Waals surface area contributed by atoms with Crippen molar-refractivity contribution >= 4 is 11.7 Å². The monoisotopic (exact) mass is 213 g/mol. The lowest BCUT2D eigenvalue weighted by Crippen LogP contribution is -2.74. The quantitative estimate of drug-likeness (QED) is 0.644. The predicted molar refractivity (Wildman–Crippen MR) is 50.8 cm³/mol. The molecule has 4 atom stereocenters. The van der Waals surface area contributed by atoms with E-state index < -0.39 is 17.9 Å². The summed E-state index contributed by atoms with van der Waals surface area (Å²) < 4.78 is 5.07. The highest BCUT2D eigenvalue weighted by molar-refractivity contribution is 6.00. The van der Waals surface area contributed by atoms with Crippen LogP contribution < -0.4 is 5.32 Å². The molecular weight excluding hydrogens is 198 g/mol. The van der Waals surface area contributed by atoms with Crippen molar-refractivity contribution in [1.82, 2.24) is 5.32 Å². The molecule has 2 aliphatic rings. The summed E-state index contributed by atoms with van der Waals surface area (Å²) in [5.41, 5.74) is -1.19. The highest BCUT2D eigenvalue weighted by Gasteiger charge is 2.69. The minimum atomic E-state index is -1.20. The summed E-state index contributed by atoms with van der Waals surface area (Å²) in [6, 6.07) is 0. The van der Waals surface area contributed by atoms with Gasteiger partial charge in [0.15, 0.2) is 17.6 Å². The van der Waals surface area contributed by atoms with Crippen molar-refractivity contribution in [3.63, 3.8) is 0 Å². The number of ether oxygens (including phenoxy) is 1. The van der Waals surface area contributed by atoms with Gasteiger partial charge in [-0.25, -0.2) is 0 Å². The second kappa shape index (κ2) is 3.02. The van der Waals surface area contributed by atoms with Crippen LogP contribution in [0.1, 0.15) is 20.8 Å². The highest BCUT2D eigenvalue weighted by Crippen LogP contribution is 2.43. The van der Waals surface area contributed by atoms with E-state index in [1.165, 1.54) is 0 Å². The van der Waals surface area contributed by atoms with Crippen LogP contribution in [0, 0.1) is 11.8 Å². The molecule has 84 valence electrons. The fraction of sp³-hybridized carbons (Fsp3) is 0.800. The molecule has 5 heteroatoms. The zero-order chi connectivity index (χ0) is 11.4. The maximum Gasteiger partial charge on any atom is 0.226 e. The molecule has 1 amide bonds. The summed E-state index contributed by atoms with van der Waals surface area (Å²) in [5, 5.41) is 12.1. The summed E-state index contributed by atoms with van der Waals surface area (Å²) in [6.45, 7) is 5.18. The first-order valence-electron chi connectivity index (χ1n) is 5.11. The molecule has 0 aliphatic carbocycles. The van der Waals surface area contributed by atoms with Crippen molar-refractivity contribution < 1.29 is 19.4 Å². The van der Waals surface area contributed by atoms with Crippen LogP contribution in [-0.2, 0) is 14.3 Å². The van der Waals surface area contributed by atoms with Gasteiger partial charge in [0.25, 0.3) is 0 Å². The standard InChI is InChI=1S/C10H15NO4/c1-4(2)6(12)10-7(15-9(10)14)5(3)8(13)11-10/h4-5,7,9,14H,1-3H3,(H,11,13)/t5-,7+,9?,10-/m1/s1. The van der Waals surface area contributed by atoms with E-state index in [-0.39, 0.29) is 23.5 Å². The number of rotatable bonds is 2. The Kier molecular flexibility index (Phi) is 2.13. The molecule has 0 saturated carbocycles. The van der Waals surface area contributed by atoms with E-state index in [0.29, 0.717) is 0 Å². The van der Waals surface area contributed by atoms with Gasteiger partial charge < -0.3 is 15.2 Å². The van der Waals surface area contributed by atoms with Crippen molar-refractivity contribution in [2.45, 2.75) is 38.7 Å². The lowest BCUT2D eigenvalue weighted by atomic mass is 9.76. The van der Waals surface area contributed by atoms with E-state index in [9.17, 15) is 14.7 Å². The number of ketones is 1. The molecular formula is C10H15NO4. The maximum absolute atomic E-state index is 12.0. The highest BCUT2D eigenvalue weighted by atomic mass is 16.6. The number of fused-ring (bicyclic) bond motifs is 1. The van der Waals surface area contributed by atoms with Gasteiger partial charge in [-0.1, -0.05) is 20.8 Å². The predicted octanol–water partition coefficient (Wildman–Crippen LogP) is -0.567. The number of carbonyl (C=O) groups excluding carboxylic acids is 2. The Labute approximate surface area is 87.8 Å². The van der Waals surface area contributed by atoms with Gasteiger partial charge in [-0.2, -0.15) is 0 Å². The third-order valence-electron chi connectivity index (χ3n) is 3.24. The van der Waals surface area contributed by atoms with Gasteiger partial charge >= 0.3 is 0 Å². The van der Waals surface area contributed by atoms with Gasteiger partial charge in [-0.3, -0.25) is 9.59 Å². The minimum Gasteiger partial charge on any atom is -0.366 e. The fourth-order valence-corrected chi connectivity index (χ4v) is 2.32. The largest absolute Gasteiger partial charge is 0.366 e. The molecule has 0 aromatic carbocycles. The Bertz CT molecular complexity index is 327. The molecule has 0 aromatic rings. The number of aliphatic hydroxyl groups is 1. The fourth-order valence-electron chi connectivity index (χ4n) is 2.32. The average Bonchev–Trinajstić information content (AvgIpc) is 2.37. The van der Waals surface area contributed by atoms with Gasteiger partial charge in [-0.15, -0.1) is 0 Å². The average molecular weight is 213 g/mol. The molecule has 2 saturated heterocycles. The SMILES string of the molecule is CC(C)C(=O)[C@@]12NC(=O)[C@H](C)[C@@H]1OC2O. The van der Waals surface area contributed by atoms with Gasteiger partial charge in [-0.05, 0) is 0 Å². The first-order valence-corrected chi connectivity index (χ1v) is 5.11. The molecule has 15 heavy (non-hydrogen) atoms. The van der Waals surface area contributed by atoms with Crippen LogP contribution in [0.3, 0.4) is 0 Å². The molecule has 2 rings (SSSR count). The molecule has 0 spiro atoms. The number of hydrogen-bond acceptors (Lipinski definition) is 4. The van der Waals surface area contributed by atoms with Crippen molar-refractivity contribution in [2.75, 3.05) is 0 Å². The van der Waals surface area contributed by atoms with Crippen LogP contribution in [0.2, 0.25) is 0 Å². The number of carbonyl (C=O) groups is 2. The van der Waals surface area contributed by atoms with Crippen LogP contribution in [0.5, 0.6) is 0 Å². The minimum absolute atomic E-state index is 0.163. The molecule has 2 aliphatic heterocycles. The third-order valence-corrected chi connectivity index (χ3v) is 3.24. The van der Waals surface area contributed by atoms with Gasteiger partial charge in [0.2, 0.25) is 5.91 Å². The lowest BCUT2D eigenvalue weighted by Gasteiger charge is -2.48. The number of hydrogen-bond donors (Lipinski definition) is 2. The lowest BCUT2D eigenvalue weighted by molar-refractivity contribution is -0.286. The smallest absolute Gasteiger partial charge is 0.226 e. The third kappa shape index (κ3) is 1.10. The van der Waals surface area contributed by atoms with Gasteiger partial charge in [0, 0.05) is 5.92 Å². The van der Waals surface area contributed by atoms with Gasteiger partial charge in [0.1, 0.15) is 6.10 Å². The Hall–Kier alpha value is -0.940. The number of aliphatic hydroxyl groups excluding tert-OH is 1. The van der Waals surface area contributed by atoms with Crippen molar-refractivity contribution in [3.8, 4) is 0 Å². The summed E-state index contributed by atoms with van der Waals surface area (Å²) in [4.78, 5) is 23.4. The molecule has 2 N–H and O–H groups in total. The zero-order valence-electron chi connectivity index (χ0n) is 8.98. The normalized spacial score (nSPS) is 43.5. The second-order valence-electron chi connectivity index (χ2n) is 4.57. The number of Topliss-reactive ketones (excluding diaryl/α,β-unsaturated/α-hetero) is 1. The Morgan fingerprint density at radius 3 is 2.60 bits per heavy atom. The maximum atomic E-state index is 12.0. The molecule has 0 radical (unpaired) electrons. The summed E-state index contributed by atoms with van der Waals surface area (Å²) >= 11 is 0. The van der Waals surface area contributed by atoms with Gasteiger partial charge in [0.05, 0.1) is 5.92 Å². The molecule has 0 aromatic heterocycles. The van der Waals surface area contributed by atoms with E-state index in [2.05, 4.69) is 5.32 Å². The zero-order valence-corrected chi connectivity index (χ0v) is 8.98.